The molecule has 1 aromatic carbocycles. The third kappa shape index (κ3) is 4.38. The van der Waals surface area contributed by atoms with Crippen molar-refractivity contribution in [2.24, 2.45) is 0 Å². The van der Waals surface area contributed by atoms with Gasteiger partial charge in [0, 0.05) is 29.9 Å². The fourth-order valence-corrected chi connectivity index (χ4v) is 3.17. The van der Waals surface area contributed by atoms with E-state index in [-0.39, 0.29) is 5.69 Å². The average Bonchev–Trinajstić information content (AvgIpc) is 2.48. The van der Waals surface area contributed by atoms with E-state index in [1.165, 1.54) is 31.4 Å². The Morgan fingerprint density at radius 2 is 1.91 bits per heavy atom. The number of non-ortho nitro benzene ring substituents is 1. The molecule has 1 fully saturated rings. The number of nitro groups is 1. The van der Waals surface area contributed by atoms with Crippen molar-refractivity contribution in [2.45, 2.75) is 37.8 Å². The highest BCUT2D eigenvalue weighted by atomic mass is 32.1. The maximum Gasteiger partial charge on any atom is 0.269 e. The van der Waals surface area contributed by atoms with E-state index in [2.05, 4.69) is 29.6 Å². The van der Waals surface area contributed by atoms with Gasteiger partial charge in [0.1, 0.15) is 0 Å². The van der Waals surface area contributed by atoms with Gasteiger partial charge in [-0.1, -0.05) is 12.8 Å². The summed E-state index contributed by atoms with van der Waals surface area (Å²) in [6.45, 7) is 0. The summed E-state index contributed by atoms with van der Waals surface area (Å²) >= 11 is 5.37. The summed E-state index contributed by atoms with van der Waals surface area (Å²) in [5.41, 5.74) is 0.824. The van der Waals surface area contributed by atoms with Gasteiger partial charge in [-0.15, -0.1) is 0 Å². The molecular weight excluding hydrogens is 300 g/mol. The predicted octanol–water partition coefficient (Wildman–Crippen LogP) is 2.75. The van der Waals surface area contributed by atoms with E-state index in [9.17, 15) is 10.1 Å². The van der Waals surface area contributed by atoms with Gasteiger partial charge in [0.15, 0.2) is 5.11 Å². The molecule has 0 radical (unpaired) electrons. The van der Waals surface area contributed by atoms with Gasteiger partial charge in [0.2, 0.25) is 0 Å². The number of nitrogens with one attached hydrogen (secondary N) is 2. The molecule has 0 unspecified atom stereocenters. The molecule has 7 heteroatoms. The van der Waals surface area contributed by atoms with Crippen molar-refractivity contribution in [1.29, 1.82) is 0 Å². The number of nitro benzene ring substituents is 1. The van der Waals surface area contributed by atoms with Crippen LogP contribution in [0.15, 0.2) is 24.3 Å². The van der Waals surface area contributed by atoms with Crippen LogP contribution in [0.2, 0.25) is 0 Å². The van der Waals surface area contributed by atoms with Gasteiger partial charge in [-0.2, -0.15) is 0 Å². The number of hydrogen-bond acceptors (Lipinski definition) is 4. The van der Waals surface area contributed by atoms with Crippen molar-refractivity contribution in [3.05, 3.63) is 34.4 Å². The largest absolute Gasteiger partial charge is 0.358 e. The monoisotopic (exact) mass is 322 g/mol. The Labute approximate surface area is 136 Å². The van der Waals surface area contributed by atoms with Crippen LogP contribution < -0.4 is 10.6 Å². The Balaban J connectivity index is 1.92. The number of likely N-dealkylation sites (N-methyl/N-ethyl adjacent to an activating group) is 1. The number of hydrogen-bond donors (Lipinski definition) is 2. The van der Waals surface area contributed by atoms with E-state index in [4.69, 9.17) is 12.2 Å². The standard InChI is InChI=1S/C15H22N4O2S/c1-18(2)14-6-4-3-5-13(14)17-15(22)16-11-7-9-12(10-8-11)19(20)21/h7-10,13-14H,3-6H2,1-2H3,(H2,16,17,22)/t13-,14-/m0/s1. The highest BCUT2D eigenvalue weighted by Gasteiger charge is 2.27. The van der Waals surface area contributed by atoms with Crippen LogP contribution in [0.1, 0.15) is 25.7 Å². The Morgan fingerprint density at radius 1 is 1.27 bits per heavy atom. The fraction of sp³-hybridized carbons (Fsp3) is 0.533. The summed E-state index contributed by atoms with van der Waals surface area (Å²) in [6, 6.07) is 7.07. The molecule has 0 saturated heterocycles. The molecule has 1 aliphatic rings. The van der Waals surface area contributed by atoms with Crippen molar-refractivity contribution in [1.82, 2.24) is 10.2 Å². The van der Waals surface area contributed by atoms with Gasteiger partial charge in [-0.25, -0.2) is 0 Å². The Kier molecular flexibility index (Phi) is 5.68. The van der Waals surface area contributed by atoms with Gasteiger partial charge >= 0.3 is 0 Å². The molecule has 6 nitrogen and oxygen atoms in total. The van der Waals surface area contributed by atoms with Crippen molar-refractivity contribution >= 4 is 28.7 Å². The quantitative estimate of drug-likeness (QED) is 0.505. The van der Waals surface area contributed by atoms with Crippen molar-refractivity contribution in [3.8, 4) is 0 Å². The fourth-order valence-electron chi connectivity index (χ4n) is 2.90. The zero-order valence-electron chi connectivity index (χ0n) is 12.9. The molecule has 2 N–H and O–H groups in total. The molecule has 0 aliphatic heterocycles. The summed E-state index contributed by atoms with van der Waals surface area (Å²) in [4.78, 5) is 12.5. The first-order valence-electron chi connectivity index (χ1n) is 7.46. The number of nitrogens with zero attached hydrogens (tertiary/aromatic N) is 2. The molecule has 0 aromatic heterocycles. The maximum atomic E-state index is 10.6. The smallest absolute Gasteiger partial charge is 0.269 e. The first kappa shape index (κ1) is 16.6. The van der Waals surface area contributed by atoms with Crippen LogP contribution in [0, 0.1) is 10.1 Å². The molecule has 0 heterocycles. The second kappa shape index (κ2) is 7.51. The molecule has 0 amide bonds. The lowest BCUT2D eigenvalue weighted by Crippen LogP contribution is -2.52. The predicted molar refractivity (Wildman–Crippen MR) is 92.2 cm³/mol. The van der Waals surface area contributed by atoms with Crippen LogP contribution in [0.5, 0.6) is 0 Å². The van der Waals surface area contributed by atoms with Crippen LogP contribution in [0.25, 0.3) is 0 Å². The van der Waals surface area contributed by atoms with E-state index >= 15 is 0 Å². The summed E-state index contributed by atoms with van der Waals surface area (Å²) in [5, 5.41) is 17.7. The molecule has 0 bridgehead atoms. The van der Waals surface area contributed by atoms with E-state index in [1.54, 1.807) is 12.1 Å². The highest BCUT2D eigenvalue weighted by molar-refractivity contribution is 7.80. The van der Waals surface area contributed by atoms with Crippen LogP contribution in [-0.4, -0.2) is 41.1 Å². The van der Waals surface area contributed by atoms with Crippen molar-refractivity contribution in [3.63, 3.8) is 0 Å². The average molecular weight is 322 g/mol. The third-order valence-electron chi connectivity index (χ3n) is 4.05. The molecular formula is C15H22N4O2S. The van der Waals surface area contributed by atoms with E-state index in [0.717, 1.165) is 12.1 Å². The lowest BCUT2D eigenvalue weighted by molar-refractivity contribution is -0.384. The first-order chi connectivity index (χ1) is 10.5. The molecule has 1 aromatic rings. The summed E-state index contributed by atoms with van der Waals surface area (Å²) < 4.78 is 0. The Hall–Kier alpha value is -1.73. The molecule has 1 saturated carbocycles. The molecule has 0 spiro atoms. The zero-order chi connectivity index (χ0) is 16.1. The van der Waals surface area contributed by atoms with Crippen molar-refractivity contribution < 1.29 is 4.92 Å². The summed E-state index contributed by atoms with van der Waals surface area (Å²) in [6.07, 6.45) is 4.74. The van der Waals surface area contributed by atoms with E-state index in [0.29, 0.717) is 17.2 Å². The molecule has 2 rings (SSSR count). The highest BCUT2D eigenvalue weighted by Crippen LogP contribution is 2.22. The van der Waals surface area contributed by atoms with Crippen LogP contribution >= 0.6 is 12.2 Å². The van der Waals surface area contributed by atoms with Crippen LogP contribution in [-0.2, 0) is 0 Å². The van der Waals surface area contributed by atoms with Crippen LogP contribution in [0.3, 0.4) is 0 Å². The van der Waals surface area contributed by atoms with Gasteiger partial charge in [0.05, 0.1) is 4.92 Å². The summed E-state index contributed by atoms with van der Waals surface area (Å²) in [7, 11) is 4.19. The lowest BCUT2D eigenvalue weighted by atomic mass is 9.90. The molecule has 1 aliphatic carbocycles. The second-order valence-electron chi connectivity index (χ2n) is 5.82. The minimum absolute atomic E-state index is 0.0735. The Bertz CT molecular complexity index is 533. The van der Waals surface area contributed by atoms with Gasteiger partial charge in [-0.05, 0) is 51.3 Å². The Morgan fingerprint density at radius 3 is 2.50 bits per heavy atom. The van der Waals surface area contributed by atoms with Gasteiger partial charge < -0.3 is 15.5 Å². The van der Waals surface area contributed by atoms with Crippen molar-refractivity contribution in [2.75, 3.05) is 19.4 Å². The third-order valence-corrected chi connectivity index (χ3v) is 4.27. The van der Waals surface area contributed by atoms with Gasteiger partial charge in [0.25, 0.3) is 5.69 Å². The number of thiocarbonyl (C=S) groups is 1. The van der Waals surface area contributed by atoms with Crippen LogP contribution in [0.4, 0.5) is 11.4 Å². The van der Waals surface area contributed by atoms with Gasteiger partial charge in [-0.3, -0.25) is 10.1 Å². The molecule has 2 atom stereocenters. The summed E-state index contributed by atoms with van der Waals surface area (Å²) in [5.74, 6) is 0. The number of benzene rings is 1. The zero-order valence-corrected chi connectivity index (χ0v) is 13.7. The first-order valence-corrected chi connectivity index (χ1v) is 7.86. The molecule has 120 valence electrons. The minimum atomic E-state index is -0.413. The normalized spacial score (nSPS) is 21.4. The number of anilines is 1. The number of rotatable bonds is 4. The SMILES string of the molecule is CN(C)[C@H]1CCCC[C@@H]1NC(=S)Nc1ccc([N+](=O)[O-])cc1. The maximum absolute atomic E-state index is 10.6. The van der Waals surface area contributed by atoms with E-state index in [1.807, 2.05) is 0 Å². The minimum Gasteiger partial charge on any atom is -0.358 e. The topological polar surface area (TPSA) is 70.4 Å². The lowest BCUT2D eigenvalue weighted by Gasteiger charge is -2.37. The second-order valence-corrected chi connectivity index (χ2v) is 6.23. The molecule has 22 heavy (non-hydrogen) atoms. The van der Waals surface area contributed by atoms with E-state index < -0.39 is 4.92 Å².